The van der Waals surface area contributed by atoms with Crippen molar-refractivity contribution < 1.29 is 9.18 Å². The zero-order valence-corrected chi connectivity index (χ0v) is 15.0. The van der Waals surface area contributed by atoms with Crippen LogP contribution in [-0.2, 0) is 4.79 Å². The van der Waals surface area contributed by atoms with Gasteiger partial charge in [0.2, 0.25) is 5.91 Å². The van der Waals surface area contributed by atoms with Crippen LogP contribution in [0.15, 0.2) is 48.8 Å². The molecule has 6 heteroatoms. The number of hydrogen-bond acceptors (Lipinski definition) is 3. The van der Waals surface area contributed by atoms with Crippen LogP contribution in [0.5, 0.6) is 0 Å². The van der Waals surface area contributed by atoms with E-state index in [1.807, 2.05) is 36.2 Å². The predicted molar refractivity (Wildman–Crippen MR) is 98.2 cm³/mol. The molecule has 1 fully saturated rings. The second kappa shape index (κ2) is 8.92. The Morgan fingerprint density at radius 3 is 2.96 bits per heavy atom. The highest BCUT2D eigenvalue weighted by atomic mass is 35.5. The van der Waals surface area contributed by atoms with Gasteiger partial charge in [-0.05, 0) is 35.2 Å². The summed E-state index contributed by atoms with van der Waals surface area (Å²) in [7, 11) is 0. The van der Waals surface area contributed by atoms with Crippen LogP contribution in [0.25, 0.3) is 0 Å². The quantitative estimate of drug-likeness (QED) is 0.906. The summed E-state index contributed by atoms with van der Waals surface area (Å²) in [6, 6.07) is 10.4. The smallest absolute Gasteiger partial charge is 0.223 e. The first-order chi connectivity index (χ1) is 11.6. The van der Waals surface area contributed by atoms with Gasteiger partial charge in [-0.25, -0.2) is 4.39 Å². The zero-order chi connectivity index (χ0) is 16.9. The van der Waals surface area contributed by atoms with Gasteiger partial charge >= 0.3 is 0 Å². The molecule has 0 radical (unpaired) electrons. The van der Waals surface area contributed by atoms with E-state index in [1.165, 1.54) is 12.1 Å². The fraction of sp³-hybridized carbons (Fsp3) is 0.368. The average molecular weight is 364 g/mol. The first-order valence-corrected chi connectivity index (χ1v) is 8.30. The minimum Gasteiger partial charge on any atom is -0.333 e. The molecule has 4 nitrogen and oxygen atoms in total. The molecule has 0 aliphatic carbocycles. The summed E-state index contributed by atoms with van der Waals surface area (Å²) in [5.41, 5.74) is 1.90. The molecule has 1 amide bonds. The van der Waals surface area contributed by atoms with E-state index in [4.69, 9.17) is 0 Å². The van der Waals surface area contributed by atoms with E-state index in [2.05, 4.69) is 10.3 Å². The van der Waals surface area contributed by atoms with Crippen molar-refractivity contribution in [2.24, 2.45) is 0 Å². The molecule has 0 saturated carbocycles. The van der Waals surface area contributed by atoms with Crippen LogP contribution < -0.4 is 5.32 Å². The molecule has 2 unspecified atom stereocenters. The number of piperazine rings is 1. The van der Waals surface area contributed by atoms with E-state index in [-0.39, 0.29) is 36.1 Å². The van der Waals surface area contributed by atoms with Crippen molar-refractivity contribution in [3.05, 3.63) is 65.7 Å². The number of hydrogen-bond donors (Lipinski definition) is 1. The van der Waals surface area contributed by atoms with Gasteiger partial charge in [-0.2, -0.15) is 0 Å². The molecule has 1 aliphatic heterocycles. The van der Waals surface area contributed by atoms with E-state index in [0.29, 0.717) is 13.0 Å². The van der Waals surface area contributed by atoms with E-state index < -0.39 is 0 Å². The lowest BCUT2D eigenvalue weighted by Crippen LogP contribution is -2.48. The lowest BCUT2D eigenvalue weighted by Gasteiger charge is -2.37. The van der Waals surface area contributed by atoms with E-state index in [1.54, 1.807) is 12.3 Å². The van der Waals surface area contributed by atoms with Crippen molar-refractivity contribution in [2.45, 2.75) is 25.3 Å². The first-order valence-electron chi connectivity index (χ1n) is 8.30. The zero-order valence-electron chi connectivity index (χ0n) is 14.2. The van der Waals surface area contributed by atoms with Gasteiger partial charge in [0.25, 0.3) is 0 Å². The molecule has 0 spiro atoms. The Kier molecular flexibility index (Phi) is 6.91. The number of rotatable bonds is 4. The first kappa shape index (κ1) is 19.3. The van der Waals surface area contributed by atoms with Crippen LogP contribution in [0.3, 0.4) is 0 Å². The molecular weight excluding hydrogens is 341 g/mol. The van der Waals surface area contributed by atoms with Gasteiger partial charge in [0.1, 0.15) is 5.82 Å². The third-order valence-electron chi connectivity index (χ3n) is 4.53. The topological polar surface area (TPSA) is 45.2 Å². The molecule has 25 heavy (non-hydrogen) atoms. The summed E-state index contributed by atoms with van der Waals surface area (Å²) in [6.07, 6.45) is 3.92. The molecule has 3 rings (SSSR count). The molecule has 1 saturated heterocycles. The number of aromatic nitrogens is 1. The van der Waals surface area contributed by atoms with Gasteiger partial charge in [0.15, 0.2) is 0 Å². The maximum absolute atomic E-state index is 13.4. The van der Waals surface area contributed by atoms with Gasteiger partial charge in [-0.15, -0.1) is 12.4 Å². The molecule has 0 bridgehead atoms. The highest BCUT2D eigenvalue weighted by Crippen LogP contribution is 2.26. The Balaban J connectivity index is 0.00000225. The number of amides is 1. The average Bonchev–Trinajstić information content (AvgIpc) is 2.62. The molecule has 134 valence electrons. The molecule has 2 aromatic rings. The SMILES string of the molecule is CC(CC(=O)N1CCNCC1c1cccnc1)c1cccc(F)c1.Cl. The Morgan fingerprint density at radius 1 is 1.40 bits per heavy atom. The monoisotopic (exact) mass is 363 g/mol. The van der Waals surface area contributed by atoms with Crippen LogP contribution in [0.1, 0.15) is 36.4 Å². The van der Waals surface area contributed by atoms with Crippen LogP contribution in [-0.4, -0.2) is 35.4 Å². The minimum atomic E-state index is -0.262. The van der Waals surface area contributed by atoms with Crippen LogP contribution in [0, 0.1) is 5.82 Å². The molecule has 1 aliphatic rings. The summed E-state index contributed by atoms with van der Waals surface area (Å²) in [6.45, 7) is 4.16. The van der Waals surface area contributed by atoms with Crippen molar-refractivity contribution in [2.75, 3.05) is 19.6 Å². The van der Waals surface area contributed by atoms with E-state index in [9.17, 15) is 9.18 Å². The van der Waals surface area contributed by atoms with Gasteiger partial charge in [0, 0.05) is 38.4 Å². The van der Waals surface area contributed by atoms with E-state index in [0.717, 1.165) is 24.2 Å². The molecular formula is C19H23ClFN3O. The summed E-state index contributed by atoms with van der Waals surface area (Å²) in [4.78, 5) is 18.9. The minimum absolute atomic E-state index is 0. The number of nitrogens with zero attached hydrogens (tertiary/aromatic N) is 2. The number of pyridine rings is 1. The Morgan fingerprint density at radius 2 is 2.24 bits per heavy atom. The Labute approximate surface area is 153 Å². The van der Waals surface area contributed by atoms with E-state index >= 15 is 0 Å². The van der Waals surface area contributed by atoms with Crippen molar-refractivity contribution in [1.82, 2.24) is 15.2 Å². The molecule has 1 aromatic carbocycles. The maximum Gasteiger partial charge on any atom is 0.223 e. The highest BCUT2D eigenvalue weighted by Gasteiger charge is 2.28. The Hall–Kier alpha value is -1.98. The lowest BCUT2D eigenvalue weighted by atomic mass is 9.96. The van der Waals surface area contributed by atoms with Crippen molar-refractivity contribution in [3.8, 4) is 0 Å². The molecule has 1 aromatic heterocycles. The second-order valence-electron chi connectivity index (χ2n) is 6.25. The van der Waals surface area contributed by atoms with Gasteiger partial charge in [-0.3, -0.25) is 9.78 Å². The number of nitrogens with one attached hydrogen (secondary N) is 1. The second-order valence-corrected chi connectivity index (χ2v) is 6.25. The Bertz CT molecular complexity index is 698. The normalized spacial score (nSPS) is 18.3. The number of halogens is 2. The van der Waals surface area contributed by atoms with Crippen LogP contribution in [0.2, 0.25) is 0 Å². The van der Waals surface area contributed by atoms with Gasteiger partial charge in [-0.1, -0.05) is 25.1 Å². The summed E-state index contributed by atoms with van der Waals surface area (Å²) < 4.78 is 13.4. The van der Waals surface area contributed by atoms with Crippen molar-refractivity contribution >= 4 is 18.3 Å². The van der Waals surface area contributed by atoms with Crippen LogP contribution >= 0.6 is 12.4 Å². The third-order valence-corrected chi connectivity index (χ3v) is 4.53. The third kappa shape index (κ3) is 4.77. The number of carbonyl (C=O) groups is 1. The highest BCUT2D eigenvalue weighted by molar-refractivity contribution is 5.85. The fourth-order valence-corrected chi connectivity index (χ4v) is 3.18. The molecule has 2 heterocycles. The van der Waals surface area contributed by atoms with Crippen molar-refractivity contribution in [1.29, 1.82) is 0 Å². The van der Waals surface area contributed by atoms with Crippen LogP contribution in [0.4, 0.5) is 4.39 Å². The van der Waals surface area contributed by atoms with Crippen molar-refractivity contribution in [3.63, 3.8) is 0 Å². The lowest BCUT2D eigenvalue weighted by molar-refractivity contribution is -0.134. The standard InChI is InChI=1S/C19H22FN3O.ClH/c1-14(15-4-2-6-17(20)11-15)10-19(24)23-9-8-22-13-18(23)16-5-3-7-21-12-16;/h2-7,11-12,14,18,22H,8-10,13H2,1H3;1H. The molecule has 1 N–H and O–H groups in total. The van der Waals surface area contributed by atoms with Gasteiger partial charge in [0.05, 0.1) is 6.04 Å². The molecule has 2 atom stereocenters. The number of carbonyl (C=O) groups excluding carboxylic acids is 1. The predicted octanol–water partition coefficient (Wildman–Crippen LogP) is 3.31. The summed E-state index contributed by atoms with van der Waals surface area (Å²) >= 11 is 0. The maximum atomic E-state index is 13.4. The number of benzene rings is 1. The summed E-state index contributed by atoms with van der Waals surface area (Å²) in [5, 5.41) is 3.34. The summed E-state index contributed by atoms with van der Waals surface area (Å²) in [5.74, 6) is -0.179. The van der Waals surface area contributed by atoms with Gasteiger partial charge < -0.3 is 10.2 Å². The fourth-order valence-electron chi connectivity index (χ4n) is 3.18. The largest absolute Gasteiger partial charge is 0.333 e.